The zero-order chi connectivity index (χ0) is 20.7. The van der Waals surface area contributed by atoms with Gasteiger partial charge in [-0.3, -0.25) is 4.98 Å². The minimum absolute atomic E-state index is 0.334. The molecule has 1 aliphatic heterocycles. The summed E-state index contributed by atoms with van der Waals surface area (Å²) in [5.41, 5.74) is 1.99. The predicted octanol–water partition coefficient (Wildman–Crippen LogP) is 3.69. The number of hydrogen-bond donors (Lipinski definition) is 1. The molecule has 1 saturated heterocycles. The predicted molar refractivity (Wildman–Crippen MR) is 114 cm³/mol. The molecule has 29 heavy (non-hydrogen) atoms. The van der Waals surface area contributed by atoms with E-state index in [1.54, 1.807) is 13.0 Å². The number of nitrogens with zero attached hydrogens (tertiary/aromatic N) is 2. The van der Waals surface area contributed by atoms with Crippen LogP contribution in [0.3, 0.4) is 0 Å². The zero-order valence-corrected chi connectivity index (χ0v) is 17.3. The Hall–Kier alpha value is -2.50. The Kier molecular flexibility index (Phi) is 7.18. The van der Waals surface area contributed by atoms with Gasteiger partial charge in [-0.05, 0) is 70.0 Å². The van der Waals surface area contributed by atoms with Gasteiger partial charge >= 0.3 is 5.97 Å². The number of aromatic nitrogens is 1. The van der Waals surface area contributed by atoms with Crippen molar-refractivity contribution >= 4 is 12.0 Å². The van der Waals surface area contributed by atoms with Crippen LogP contribution in [0.2, 0.25) is 0 Å². The lowest BCUT2D eigenvalue weighted by molar-refractivity contribution is -0.137. The summed E-state index contributed by atoms with van der Waals surface area (Å²) in [6.07, 6.45) is 5.99. The topological polar surface area (TPSA) is 62.7 Å². The molecule has 0 spiro atoms. The van der Waals surface area contributed by atoms with Crippen LogP contribution in [0.15, 0.2) is 48.5 Å². The number of hydrogen-bond acceptors (Lipinski definition) is 5. The van der Waals surface area contributed by atoms with Gasteiger partial charge in [0, 0.05) is 12.6 Å². The highest BCUT2D eigenvalue weighted by Gasteiger charge is 2.34. The quantitative estimate of drug-likeness (QED) is 0.547. The summed E-state index contributed by atoms with van der Waals surface area (Å²) in [4.78, 5) is 18.7. The highest BCUT2D eigenvalue weighted by molar-refractivity contribution is 5.86. The Labute approximate surface area is 173 Å². The van der Waals surface area contributed by atoms with Gasteiger partial charge in [-0.15, -0.1) is 0 Å². The molecule has 1 aromatic heterocycles. The fourth-order valence-electron chi connectivity index (χ4n) is 3.69. The molecule has 3 rings (SSSR count). The van der Waals surface area contributed by atoms with E-state index in [2.05, 4.69) is 9.88 Å². The standard InChI is InChI=1S/C24H30N2O3/c1-3-29-23(27)14-13-21-7-6-8-22(25-21)24(28,15-18-26-16-4-5-17-26)20-11-9-19(2)10-12-20/h6-14,28H,3-5,15-18H2,1-2H3/b14-13+. The molecule has 1 N–H and O–H groups in total. The van der Waals surface area contributed by atoms with Gasteiger partial charge in [-0.1, -0.05) is 35.9 Å². The lowest BCUT2D eigenvalue weighted by Crippen LogP contribution is -2.34. The van der Waals surface area contributed by atoms with Gasteiger partial charge < -0.3 is 14.7 Å². The van der Waals surface area contributed by atoms with Gasteiger partial charge in [-0.2, -0.15) is 0 Å². The first-order valence-electron chi connectivity index (χ1n) is 10.4. The normalized spacial score (nSPS) is 16.8. The van der Waals surface area contributed by atoms with E-state index in [0.717, 1.165) is 30.8 Å². The first-order chi connectivity index (χ1) is 14.0. The number of likely N-dealkylation sites (tertiary alicyclic amines) is 1. The van der Waals surface area contributed by atoms with Crippen molar-refractivity contribution in [3.63, 3.8) is 0 Å². The molecule has 5 nitrogen and oxygen atoms in total. The maximum Gasteiger partial charge on any atom is 0.330 e. The second-order valence-electron chi connectivity index (χ2n) is 7.56. The fourth-order valence-corrected chi connectivity index (χ4v) is 3.69. The van der Waals surface area contributed by atoms with Crippen LogP contribution in [-0.4, -0.2) is 47.2 Å². The highest BCUT2D eigenvalue weighted by atomic mass is 16.5. The van der Waals surface area contributed by atoms with Crippen LogP contribution >= 0.6 is 0 Å². The van der Waals surface area contributed by atoms with Gasteiger partial charge in [0.2, 0.25) is 0 Å². The molecule has 0 aliphatic carbocycles. The summed E-state index contributed by atoms with van der Waals surface area (Å²) in [5.74, 6) is -0.400. The number of esters is 1. The first kappa shape index (κ1) is 21.2. The molecule has 1 atom stereocenters. The number of carbonyl (C=O) groups excluding carboxylic acids is 1. The molecule has 0 radical (unpaired) electrons. The van der Waals surface area contributed by atoms with Crippen LogP contribution in [0, 0.1) is 6.92 Å². The molecule has 1 unspecified atom stereocenters. The molecule has 2 heterocycles. The van der Waals surface area contributed by atoms with E-state index in [4.69, 9.17) is 4.74 Å². The number of aliphatic hydroxyl groups is 1. The first-order valence-corrected chi connectivity index (χ1v) is 10.4. The third-order valence-corrected chi connectivity index (χ3v) is 5.39. The van der Waals surface area contributed by atoms with Crippen molar-refractivity contribution in [3.8, 4) is 0 Å². The van der Waals surface area contributed by atoms with Gasteiger partial charge in [-0.25, -0.2) is 4.79 Å². The highest BCUT2D eigenvalue weighted by Crippen LogP contribution is 2.33. The van der Waals surface area contributed by atoms with Crippen LogP contribution in [0.1, 0.15) is 48.7 Å². The van der Waals surface area contributed by atoms with Crippen LogP contribution in [0.25, 0.3) is 6.08 Å². The van der Waals surface area contributed by atoms with Crippen LogP contribution < -0.4 is 0 Å². The summed E-state index contributed by atoms with van der Waals surface area (Å²) >= 11 is 0. The maximum atomic E-state index is 11.8. The number of pyridine rings is 1. The Balaban J connectivity index is 1.89. The molecule has 154 valence electrons. The van der Waals surface area contributed by atoms with Gasteiger partial charge in [0.05, 0.1) is 18.0 Å². The molecule has 1 fully saturated rings. The Morgan fingerprint density at radius 2 is 1.93 bits per heavy atom. The molecule has 0 amide bonds. The van der Waals surface area contributed by atoms with E-state index < -0.39 is 11.6 Å². The minimum atomic E-state index is -1.19. The smallest absolute Gasteiger partial charge is 0.330 e. The SMILES string of the molecule is CCOC(=O)/C=C/c1cccc(C(O)(CCN2CCCC2)c2ccc(C)cc2)n1. The third-order valence-electron chi connectivity index (χ3n) is 5.39. The van der Waals surface area contributed by atoms with Gasteiger partial charge in [0.1, 0.15) is 5.60 Å². The van der Waals surface area contributed by atoms with E-state index in [-0.39, 0.29) is 0 Å². The lowest BCUT2D eigenvalue weighted by Gasteiger charge is -2.30. The number of aryl methyl sites for hydroxylation is 1. The van der Waals surface area contributed by atoms with E-state index in [0.29, 0.717) is 24.4 Å². The monoisotopic (exact) mass is 394 g/mol. The summed E-state index contributed by atoms with van der Waals surface area (Å²) in [7, 11) is 0. The molecule has 1 aliphatic rings. The maximum absolute atomic E-state index is 11.8. The van der Waals surface area contributed by atoms with Crippen LogP contribution in [-0.2, 0) is 15.1 Å². The summed E-state index contributed by atoms with van der Waals surface area (Å²) in [6, 6.07) is 13.5. The molecule has 0 saturated carbocycles. The summed E-state index contributed by atoms with van der Waals surface area (Å²) < 4.78 is 4.93. The van der Waals surface area contributed by atoms with Crippen molar-refractivity contribution in [2.24, 2.45) is 0 Å². The number of benzene rings is 1. The van der Waals surface area contributed by atoms with Crippen molar-refractivity contribution in [1.82, 2.24) is 9.88 Å². The summed E-state index contributed by atoms with van der Waals surface area (Å²) in [5, 5.41) is 11.8. The molecular formula is C24H30N2O3. The molecule has 0 bridgehead atoms. The van der Waals surface area contributed by atoms with Crippen LogP contribution in [0.4, 0.5) is 0 Å². The second kappa shape index (κ2) is 9.81. The van der Waals surface area contributed by atoms with Crippen molar-refractivity contribution in [2.45, 2.75) is 38.7 Å². The molecular weight excluding hydrogens is 364 g/mol. The van der Waals surface area contributed by atoms with Gasteiger partial charge in [0.25, 0.3) is 0 Å². The van der Waals surface area contributed by atoms with Crippen molar-refractivity contribution in [3.05, 3.63) is 71.1 Å². The second-order valence-corrected chi connectivity index (χ2v) is 7.56. The van der Waals surface area contributed by atoms with Crippen molar-refractivity contribution in [1.29, 1.82) is 0 Å². The number of ether oxygens (including phenoxy) is 1. The zero-order valence-electron chi connectivity index (χ0n) is 17.3. The van der Waals surface area contributed by atoms with Gasteiger partial charge in [0.15, 0.2) is 0 Å². The van der Waals surface area contributed by atoms with Crippen molar-refractivity contribution < 1.29 is 14.6 Å². The Bertz CT molecular complexity index is 841. The Morgan fingerprint density at radius 3 is 2.62 bits per heavy atom. The fraction of sp³-hybridized carbons (Fsp3) is 0.417. The molecule has 1 aromatic carbocycles. The van der Waals surface area contributed by atoms with E-state index in [9.17, 15) is 9.90 Å². The average molecular weight is 395 g/mol. The van der Waals surface area contributed by atoms with E-state index >= 15 is 0 Å². The summed E-state index contributed by atoms with van der Waals surface area (Å²) in [6.45, 7) is 7.12. The lowest BCUT2D eigenvalue weighted by atomic mass is 9.86. The van der Waals surface area contributed by atoms with E-state index in [1.807, 2.05) is 49.4 Å². The van der Waals surface area contributed by atoms with Crippen molar-refractivity contribution in [2.75, 3.05) is 26.2 Å². The van der Waals surface area contributed by atoms with Crippen LogP contribution in [0.5, 0.6) is 0 Å². The number of rotatable bonds is 8. The molecule has 2 aromatic rings. The minimum Gasteiger partial charge on any atom is -0.463 e. The van der Waals surface area contributed by atoms with E-state index in [1.165, 1.54) is 18.9 Å². The average Bonchev–Trinajstić information content (AvgIpc) is 3.25. The third kappa shape index (κ3) is 5.52. The number of carbonyl (C=O) groups is 1. The Morgan fingerprint density at radius 1 is 1.21 bits per heavy atom. The molecule has 5 heteroatoms. The largest absolute Gasteiger partial charge is 0.463 e.